The van der Waals surface area contributed by atoms with E-state index in [1.807, 2.05) is 24.3 Å². The van der Waals surface area contributed by atoms with E-state index in [2.05, 4.69) is 10.1 Å². The molecule has 0 bridgehead atoms. The summed E-state index contributed by atoms with van der Waals surface area (Å²) in [4.78, 5) is 19.1. The minimum absolute atomic E-state index is 0.0925. The number of para-hydroxylation sites is 2. The Kier molecular flexibility index (Phi) is 3.84. The van der Waals surface area contributed by atoms with Crippen molar-refractivity contribution in [1.82, 2.24) is 15.0 Å². The third-order valence-corrected chi connectivity index (χ3v) is 4.40. The van der Waals surface area contributed by atoms with E-state index in [1.165, 1.54) is 0 Å². The van der Waals surface area contributed by atoms with Gasteiger partial charge in [-0.1, -0.05) is 17.3 Å². The third-order valence-electron chi connectivity index (χ3n) is 4.40. The minimum atomic E-state index is -0.649. The first kappa shape index (κ1) is 15.0. The highest BCUT2D eigenvalue weighted by atomic mass is 16.6. The molecule has 1 amide bonds. The Morgan fingerprint density at radius 2 is 2.08 bits per heavy atom. The van der Waals surface area contributed by atoms with Crippen LogP contribution in [-0.4, -0.2) is 40.2 Å². The van der Waals surface area contributed by atoms with Crippen LogP contribution < -0.4 is 9.47 Å². The number of nitrogens with zero attached hydrogens (tertiary/aromatic N) is 3. The summed E-state index contributed by atoms with van der Waals surface area (Å²) in [5, 5.41) is 3.85. The lowest BCUT2D eigenvalue weighted by Gasteiger charge is -2.36. The fourth-order valence-electron chi connectivity index (χ4n) is 3.23. The van der Waals surface area contributed by atoms with Gasteiger partial charge in [-0.3, -0.25) is 4.79 Å². The van der Waals surface area contributed by atoms with Crippen LogP contribution in [0, 0.1) is 6.92 Å². The van der Waals surface area contributed by atoms with Crippen molar-refractivity contribution in [3.63, 3.8) is 0 Å². The van der Waals surface area contributed by atoms with Crippen LogP contribution in [-0.2, 0) is 4.79 Å². The number of rotatable bonds is 2. The van der Waals surface area contributed by atoms with Crippen molar-refractivity contribution >= 4 is 5.91 Å². The first-order chi connectivity index (χ1) is 11.7. The molecule has 2 aromatic rings. The van der Waals surface area contributed by atoms with Gasteiger partial charge in [0, 0.05) is 6.54 Å². The zero-order valence-corrected chi connectivity index (χ0v) is 13.5. The third kappa shape index (κ3) is 2.70. The number of aromatic nitrogens is 2. The van der Waals surface area contributed by atoms with Crippen LogP contribution in [0.5, 0.6) is 11.5 Å². The maximum atomic E-state index is 13.0. The fraction of sp³-hybridized carbons (Fsp3) is 0.471. The lowest BCUT2D eigenvalue weighted by molar-refractivity contribution is -0.145. The molecular formula is C17H19N3O4. The summed E-state index contributed by atoms with van der Waals surface area (Å²) in [5.41, 5.74) is 0. The van der Waals surface area contributed by atoms with Gasteiger partial charge in [0.05, 0.1) is 0 Å². The average Bonchev–Trinajstić information content (AvgIpc) is 3.07. The molecule has 24 heavy (non-hydrogen) atoms. The van der Waals surface area contributed by atoms with Gasteiger partial charge in [0.25, 0.3) is 5.91 Å². The Bertz CT molecular complexity index is 745. The quantitative estimate of drug-likeness (QED) is 0.841. The molecule has 0 radical (unpaired) electrons. The fourth-order valence-corrected chi connectivity index (χ4v) is 3.23. The van der Waals surface area contributed by atoms with E-state index >= 15 is 0 Å². The van der Waals surface area contributed by atoms with Crippen LogP contribution >= 0.6 is 0 Å². The highest BCUT2D eigenvalue weighted by molar-refractivity contribution is 5.82. The van der Waals surface area contributed by atoms with E-state index in [1.54, 1.807) is 11.8 Å². The van der Waals surface area contributed by atoms with Gasteiger partial charge in [0.2, 0.25) is 12.0 Å². The van der Waals surface area contributed by atoms with Crippen LogP contribution in [0.25, 0.3) is 0 Å². The molecule has 126 valence electrons. The van der Waals surface area contributed by atoms with Gasteiger partial charge in [0.1, 0.15) is 12.6 Å². The Hall–Kier alpha value is -2.57. The molecule has 1 saturated heterocycles. The van der Waals surface area contributed by atoms with Gasteiger partial charge >= 0.3 is 0 Å². The molecule has 2 aliphatic heterocycles. The second-order valence-corrected chi connectivity index (χ2v) is 6.09. The SMILES string of the molecule is Cc1noc([C@@H]2CCCCN2C(=O)[C@@H]2COc3ccccc3O2)n1. The largest absolute Gasteiger partial charge is 0.485 e. The molecule has 1 fully saturated rings. The Morgan fingerprint density at radius 3 is 2.88 bits per heavy atom. The molecule has 0 spiro atoms. The highest BCUT2D eigenvalue weighted by Crippen LogP contribution is 2.34. The number of hydrogen-bond donors (Lipinski definition) is 0. The number of carbonyl (C=O) groups excluding carboxylic acids is 1. The van der Waals surface area contributed by atoms with Crippen LogP contribution in [0.15, 0.2) is 28.8 Å². The number of aryl methyl sites for hydroxylation is 1. The summed E-state index contributed by atoms with van der Waals surface area (Å²) >= 11 is 0. The number of amides is 1. The summed E-state index contributed by atoms with van der Waals surface area (Å²) in [6.07, 6.45) is 2.15. The first-order valence-electron chi connectivity index (χ1n) is 8.21. The summed E-state index contributed by atoms with van der Waals surface area (Å²) in [6.45, 7) is 2.64. The highest BCUT2D eigenvalue weighted by Gasteiger charge is 2.38. The van der Waals surface area contributed by atoms with Crippen LogP contribution in [0.1, 0.15) is 37.0 Å². The van der Waals surface area contributed by atoms with Gasteiger partial charge < -0.3 is 18.9 Å². The number of benzene rings is 1. The number of hydrogen-bond acceptors (Lipinski definition) is 6. The van der Waals surface area contributed by atoms with Crippen molar-refractivity contribution in [2.45, 2.75) is 38.3 Å². The minimum Gasteiger partial charge on any atom is -0.485 e. The van der Waals surface area contributed by atoms with Crippen LogP contribution in [0.3, 0.4) is 0 Å². The summed E-state index contributed by atoms with van der Waals surface area (Å²) in [6, 6.07) is 7.20. The normalized spacial score (nSPS) is 23.1. The smallest absolute Gasteiger partial charge is 0.267 e. The molecule has 1 aromatic carbocycles. The molecular weight excluding hydrogens is 310 g/mol. The zero-order valence-electron chi connectivity index (χ0n) is 13.5. The molecule has 3 heterocycles. The van der Waals surface area contributed by atoms with Crippen molar-refractivity contribution in [3.05, 3.63) is 36.0 Å². The van der Waals surface area contributed by atoms with Gasteiger partial charge in [-0.2, -0.15) is 4.98 Å². The van der Waals surface area contributed by atoms with Crippen LogP contribution in [0.4, 0.5) is 0 Å². The van der Waals surface area contributed by atoms with Crippen molar-refractivity contribution in [1.29, 1.82) is 0 Å². The van der Waals surface area contributed by atoms with Crippen molar-refractivity contribution in [3.8, 4) is 11.5 Å². The maximum Gasteiger partial charge on any atom is 0.267 e. The van der Waals surface area contributed by atoms with Crippen molar-refractivity contribution < 1.29 is 18.8 Å². The molecule has 0 N–H and O–H groups in total. The van der Waals surface area contributed by atoms with E-state index in [0.717, 1.165) is 19.3 Å². The van der Waals surface area contributed by atoms with E-state index in [-0.39, 0.29) is 18.6 Å². The molecule has 2 atom stereocenters. The standard InChI is InChI=1S/C17H19N3O4/c1-11-18-16(24-19-11)12-6-4-5-9-20(12)17(21)15-10-22-13-7-2-3-8-14(13)23-15/h2-3,7-8,12,15H,4-6,9-10H2,1H3/t12-,15-/m0/s1. The summed E-state index contributed by atoms with van der Waals surface area (Å²) in [5.74, 6) is 2.26. The van der Waals surface area contributed by atoms with Gasteiger partial charge in [-0.25, -0.2) is 0 Å². The number of carbonyl (C=O) groups is 1. The van der Waals surface area contributed by atoms with Crippen molar-refractivity contribution in [2.75, 3.05) is 13.2 Å². The zero-order chi connectivity index (χ0) is 16.5. The van der Waals surface area contributed by atoms with E-state index in [9.17, 15) is 4.79 Å². The van der Waals surface area contributed by atoms with Gasteiger partial charge in [-0.15, -0.1) is 0 Å². The Labute approximate surface area is 139 Å². The average molecular weight is 329 g/mol. The lowest BCUT2D eigenvalue weighted by Crippen LogP contribution is -2.49. The van der Waals surface area contributed by atoms with Crippen LogP contribution in [0.2, 0.25) is 0 Å². The van der Waals surface area contributed by atoms with Gasteiger partial charge in [0.15, 0.2) is 17.3 Å². The molecule has 7 nitrogen and oxygen atoms in total. The molecule has 2 aliphatic rings. The van der Waals surface area contributed by atoms with E-state index in [4.69, 9.17) is 14.0 Å². The van der Waals surface area contributed by atoms with E-state index < -0.39 is 6.10 Å². The predicted molar refractivity (Wildman–Crippen MR) is 83.7 cm³/mol. The second-order valence-electron chi connectivity index (χ2n) is 6.09. The Balaban J connectivity index is 1.54. The molecule has 7 heteroatoms. The molecule has 1 aromatic heterocycles. The van der Waals surface area contributed by atoms with E-state index in [0.29, 0.717) is 29.8 Å². The Morgan fingerprint density at radius 1 is 1.25 bits per heavy atom. The second kappa shape index (κ2) is 6.14. The molecule has 4 rings (SSSR count). The topological polar surface area (TPSA) is 77.7 Å². The summed E-state index contributed by atoms with van der Waals surface area (Å²) in [7, 11) is 0. The number of likely N-dealkylation sites (tertiary alicyclic amines) is 1. The lowest BCUT2D eigenvalue weighted by atomic mass is 10.0. The molecule has 0 unspecified atom stereocenters. The molecule has 0 saturated carbocycles. The monoisotopic (exact) mass is 329 g/mol. The first-order valence-corrected chi connectivity index (χ1v) is 8.21. The van der Waals surface area contributed by atoms with Gasteiger partial charge in [-0.05, 0) is 38.3 Å². The predicted octanol–water partition coefficient (Wildman–Crippen LogP) is 2.27. The maximum absolute atomic E-state index is 13.0. The number of piperidine rings is 1. The number of fused-ring (bicyclic) bond motifs is 1. The van der Waals surface area contributed by atoms with Crippen molar-refractivity contribution in [2.24, 2.45) is 0 Å². The molecule has 0 aliphatic carbocycles. The number of ether oxygens (including phenoxy) is 2. The summed E-state index contributed by atoms with van der Waals surface area (Å²) < 4.78 is 16.8.